The molecule has 1 aliphatic carbocycles. The smallest absolute Gasteiger partial charge is 0.220 e. The van der Waals surface area contributed by atoms with E-state index in [-0.39, 0.29) is 5.91 Å². The van der Waals surface area contributed by atoms with Crippen molar-refractivity contribution in [3.8, 4) is 10.7 Å². The molecule has 2 atom stereocenters. The van der Waals surface area contributed by atoms with Gasteiger partial charge >= 0.3 is 0 Å². The maximum Gasteiger partial charge on any atom is 0.220 e. The van der Waals surface area contributed by atoms with E-state index in [1.54, 1.807) is 16.0 Å². The number of rotatable bonds is 5. The number of hydrogen-bond donors (Lipinski definition) is 1. The molecule has 6 heteroatoms. The minimum Gasteiger partial charge on any atom is -0.350 e. The Morgan fingerprint density at radius 3 is 3.00 bits per heavy atom. The van der Waals surface area contributed by atoms with E-state index in [0.717, 1.165) is 16.4 Å². The largest absolute Gasteiger partial charge is 0.350 e. The van der Waals surface area contributed by atoms with E-state index in [0.29, 0.717) is 24.8 Å². The van der Waals surface area contributed by atoms with Crippen molar-refractivity contribution in [2.75, 3.05) is 0 Å². The van der Waals surface area contributed by atoms with Gasteiger partial charge in [-0.1, -0.05) is 26.2 Å². The fourth-order valence-corrected chi connectivity index (χ4v) is 4.01. The van der Waals surface area contributed by atoms with Crippen LogP contribution in [0.4, 0.5) is 0 Å². The average molecular weight is 332 g/mol. The van der Waals surface area contributed by atoms with Gasteiger partial charge in [-0.25, -0.2) is 4.98 Å². The first-order valence-corrected chi connectivity index (χ1v) is 9.21. The molecule has 2 aromatic rings. The van der Waals surface area contributed by atoms with Gasteiger partial charge in [0.2, 0.25) is 5.91 Å². The van der Waals surface area contributed by atoms with Crippen LogP contribution < -0.4 is 5.32 Å². The number of thiazole rings is 1. The third-order valence-electron chi connectivity index (χ3n) is 4.69. The predicted molar refractivity (Wildman–Crippen MR) is 91.9 cm³/mol. The van der Waals surface area contributed by atoms with Gasteiger partial charge in [0.25, 0.3) is 0 Å². The Bertz CT molecular complexity index is 663. The highest BCUT2D eigenvalue weighted by Crippen LogP contribution is 2.31. The van der Waals surface area contributed by atoms with E-state index in [1.807, 2.05) is 24.7 Å². The molecule has 124 valence electrons. The summed E-state index contributed by atoms with van der Waals surface area (Å²) in [7, 11) is 1.89. The van der Waals surface area contributed by atoms with Crippen molar-refractivity contribution in [1.29, 1.82) is 0 Å². The van der Waals surface area contributed by atoms with E-state index in [9.17, 15) is 4.79 Å². The second-order valence-corrected chi connectivity index (χ2v) is 7.38. The highest BCUT2D eigenvalue weighted by atomic mass is 32.1. The van der Waals surface area contributed by atoms with Gasteiger partial charge in [-0.05, 0) is 24.3 Å². The maximum absolute atomic E-state index is 12.2. The first-order valence-electron chi connectivity index (χ1n) is 8.33. The van der Waals surface area contributed by atoms with Crippen molar-refractivity contribution in [3.05, 3.63) is 23.3 Å². The van der Waals surface area contributed by atoms with E-state index in [1.165, 1.54) is 25.7 Å². The lowest BCUT2D eigenvalue weighted by atomic mass is 9.78. The Labute approximate surface area is 141 Å². The summed E-state index contributed by atoms with van der Waals surface area (Å²) in [6.45, 7) is 2.78. The number of carbonyl (C=O) groups excluding carboxylic acids is 1. The minimum atomic E-state index is 0.149. The molecular weight excluding hydrogens is 308 g/mol. The molecule has 0 spiro atoms. The van der Waals surface area contributed by atoms with Crippen molar-refractivity contribution in [2.45, 2.75) is 45.6 Å². The Kier molecular flexibility index (Phi) is 5.10. The summed E-state index contributed by atoms with van der Waals surface area (Å²) in [5, 5.41) is 10.3. The Hall–Kier alpha value is -1.69. The number of nitrogens with one attached hydrogen (secondary N) is 1. The summed E-state index contributed by atoms with van der Waals surface area (Å²) in [4.78, 5) is 16.7. The van der Waals surface area contributed by atoms with E-state index in [2.05, 4.69) is 22.3 Å². The molecule has 2 heterocycles. The number of aryl methyl sites for hydroxylation is 1. The monoisotopic (exact) mass is 332 g/mol. The topological polar surface area (TPSA) is 59.8 Å². The van der Waals surface area contributed by atoms with Crippen LogP contribution in [0.3, 0.4) is 0 Å². The molecule has 1 fully saturated rings. The molecule has 5 nitrogen and oxygen atoms in total. The van der Waals surface area contributed by atoms with Crippen LogP contribution in [0, 0.1) is 11.8 Å². The van der Waals surface area contributed by atoms with Crippen LogP contribution in [0.1, 0.15) is 44.7 Å². The van der Waals surface area contributed by atoms with Gasteiger partial charge in [0.05, 0.1) is 12.2 Å². The second kappa shape index (κ2) is 7.25. The zero-order chi connectivity index (χ0) is 16.2. The number of nitrogens with zero attached hydrogens (tertiary/aromatic N) is 3. The zero-order valence-electron chi connectivity index (χ0n) is 13.8. The molecule has 1 aliphatic rings. The van der Waals surface area contributed by atoms with Crippen LogP contribution in [-0.4, -0.2) is 20.7 Å². The molecule has 1 saturated carbocycles. The van der Waals surface area contributed by atoms with Crippen molar-refractivity contribution >= 4 is 17.2 Å². The van der Waals surface area contributed by atoms with Crippen LogP contribution in [0.15, 0.2) is 17.6 Å². The van der Waals surface area contributed by atoms with E-state index < -0.39 is 0 Å². The van der Waals surface area contributed by atoms with E-state index in [4.69, 9.17) is 0 Å². The van der Waals surface area contributed by atoms with E-state index >= 15 is 0 Å². The molecule has 3 rings (SSSR count). The van der Waals surface area contributed by atoms with Gasteiger partial charge < -0.3 is 5.32 Å². The van der Waals surface area contributed by atoms with Crippen LogP contribution in [0.25, 0.3) is 10.7 Å². The summed E-state index contributed by atoms with van der Waals surface area (Å²) in [5.74, 6) is 1.36. The number of hydrogen-bond acceptors (Lipinski definition) is 4. The molecule has 0 radical (unpaired) electrons. The Balaban J connectivity index is 1.50. The van der Waals surface area contributed by atoms with Gasteiger partial charge in [-0.3, -0.25) is 9.48 Å². The number of amides is 1. The maximum atomic E-state index is 12.2. The molecule has 23 heavy (non-hydrogen) atoms. The highest BCUT2D eigenvalue weighted by Gasteiger charge is 2.23. The molecule has 2 aromatic heterocycles. The lowest BCUT2D eigenvalue weighted by Gasteiger charge is -2.28. The predicted octanol–water partition coefficient (Wildman–Crippen LogP) is 3.38. The van der Waals surface area contributed by atoms with Crippen molar-refractivity contribution in [1.82, 2.24) is 20.1 Å². The third-order valence-corrected chi connectivity index (χ3v) is 5.60. The molecule has 1 N–H and O–H groups in total. The minimum absolute atomic E-state index is 0.149. The molecule has 1 amide bonds. The second-order valence-electron chi connectivity index (χ2n) is 6.52. The molecule has 0 aliphatic heterocycles. The van der Waals surface area contributed by atoms with Gasteiger partial charge in [-0.2, -0.15) is 5.10 Å². The summed E-state index contributed by atoms with van der Waals surface area (Å²) in [6.07, 6.45) is 7.59. The van der Waals surface area contributed by atoms with Gasteiger partial charge in [0.1, 0.15) is 10.7 Å². The summed E-state index contributed by atoms with van der Waals surface area (Å²) in [5.41, 5.74) is 1.78. The normalized spacial score (nSPS) is 21.3. The van der Waals surface area contributed by atoms with Crippen molar-refractivity contribution in [2.24, 2.45) is 18.9 Å². The quantitative estimate of drug-likeness (QED) is 0.913. The summed E-state index contributed by atoms with van der Waals surface area (Å²) >= 11 is 1.57. The van der Waals surface area contributed by atoms with Crippen LogP contribution >= 0.6 is 11.3 Å². The molecule has 0 bridgehead atoms. The average Bonchev–Trinajstić information content (AvgIpc) is 3.16. The highest BCUT2D eigenvalue weighted by molar-refractivity contribution is 7.13. The summed E-state index contributed by atoms with van der Waals surface area (Å²) < 4.78 is 1.77. The third kappa shape index (κ3) is 4.19. The first kappa shape index (κ1) is 16.2. The Morgan fingerprint density at radius 2 is 2.26 bits per heavy atom. The van der Waals surface area contributed by atoms with Crippen LogP contribution in [-0.2, 0) is 18.4 Å². The first-order chi connectivity index (χ1) is 11.1. The fraction of sp³-hybridized carbons (Fsp3) is 0.588. The van der Waals surface area contributed by atoms with Crippen LogP contribution in [0.2, 0.25) is 0 Å². The zero-order valence-corrected chi connectivity index (χ0v) is 14.6. The van der Waals surface area contributed by atoms with Crippen LogP contribution in [0.5, 0.6) is 0 Å². The number of carbonyl (C=O) groups is 1. The van der Waals surface area contributed by atoms with Crippen molar-refractivity contribution in [3.63, 3.8) is 0 Å². The molecular formula is C17H24N4OS. The number of aromatic nitrogens is 3. The fourth-order valence-electron chi connectivity index (χ4n) is 3.23. The van der Waals surface area contributed by atoms with Crippen molar-refractivity contribution < 1.29 is 4.79 Å². The Morgan fingerprint density at radius 1 is 1.43 bits per heavy atom. The molecule has 0 saturated heterocycles. The lowest BCUT2D eigenvalue weighted by Crippen LogP contribution is -2.28. The van der Waals surface area contributed by atoms with Gasteiger partial charge in [0.15, 0.2) is 0 Å². The summed E-state index contributed by atoms with van der Waals surface area (Å²) in [6, 6.07) is 1.95. The molecule has 0 aromatic carbocycles. The van der Waals surface area contributed by atoms with Gasteiger partial charge in [-0.15, -0.1) is 11.3 Å². The SMILES string of the molecule is CC1CCCCC1CC(=O)NCc1csc(-c2ccn(C)n2)n1. The van der Waals surface area contributed by atoms with Gasteiger partial charge in [0, 0.05) is 25.0 Å². The molecule has 2 unspecified atom stereocenters. The lowest BCUT2D eigenvalue weighted by molar-refractivity contribution is -0.122. The standard InChI is InChI=1S/C17H24N4OS/c1-12-5-3-4-6-13(12)9-16(22)18-10-14-11-23-17(19-14)15-7-8-21(2)20-15/h7-8,11-13H,3-6,9-10H2,1-2H3,(H,18,22).